The first-order valence-corrected chi connectivity index (χ1v) is 11.1. The summed E-state index contributed by atoms with van der Waals surface area (Å²) in [4.78, 5) is 0. The standard InChI is InChI=1S/C30H20/c1-5-17-6-2-10-20-24-15-16-26-22-12-4-8-18-7-3-11-21(28(18)22)25-14-13-23(29(24)30(25)26)19(9-1)27(17)20/h1,3,5-16,27-28H,2,4H2. The second-order valence-corrected chi connectivity index (χ2v) is 9.10. The molecule has 0 N–H and O–H groups in total. The molecule has 0 nitrogen and oxygen atoms in total. The molecule has 2 aromatic rings. The molecule has 0 aliphatic heterocycles. The first-order valence-electron chi connectivity index (χ1n) is 11.1. The average Bonchev–Trinajstić information content (AvgIpc) is 2.81. The molecule has 6 aliphatic carbocycles. The lowest BCUT2D eigenvalue weighted by Crippen LogP contribution is -2.22. The lowest BCUT2D eigenvalue weighted by Gasteiger charge is -2.40. The van der Waals surface area contributed by atoms with Crippen molar-refractivity contribution in [2.45, 2.75) is 12.8 Å². The fourth-order valence-corrected chi connectivity index (χ4v) is 6.69. The van der Waals surface area contributed by atoms with Crippen molar-refractivity contribution in [3.63, 3.8) is 0 Å². The van der Waals surface area contributed by atoms with Gasteiger partial charge in [0.2, 0.25) is 0 Å². The van der Waals surface area contributed by atoms with Crippen LogP contribution in [-0.4, -0.2) is 0 Å². The highest BCUT2D eigenvalue weighted by Gasteiger charge is 2.38. The lowest BCUT2D eigenvalue weighted by atomic mass is 9.63. The lowest BCUT2D eigenvalue weighted by molar-refractivity contribution is 0.980. The molecule has 2 aromatic carbocycles. The van der Waals surface area contributed by atoms with Crippen molar-refractivity contribution in [2.24, 2.45) is 11.8 Å². The molecular weight excluding hydrogens is 360 g/mol. The zero-order valence-electron chi connectivity index (χ0n) is 16.7. The number of fused-ring (bicyclic) bond motifs is 4. The van der Waals surface area contributed by atoms with E-state index < -0.39 is 0 Å². The van der Waals surface area contributed by atoms with Gasteiger partial charge >= 0.3 is 0 Å². The summed E-state index contributed by atoms with van der Waals surface area (Å²) in [6, 6.07) is 9.64. The van der Waals surface area contributed by atoms with Crippen LogP contribution in [0, 0.1) is 11.8 Å². The third kappa shape index (κ3) is 1.67. The van der Waals surface area contributed by atoms with Crippen molar-refractivity contribution in [3.8, 4) is 0 Å². The van der Waals surface area contributed by atoms with Crippen LogP contribution in [0.2, 0.25) is 0 Å². The first-order chi connectivity index (χ1) is 14.9. The Morgan fingerprint density at radius 2 is 0.933 bits per heavy atom. The third-order valence-electron chi connectivity index (χ3n) is 7.83. The van der Waals surface area contributed by atoms with Gasteiger partial charge in [0.1, 0.15) is 0 Å². The van der Waals surface area contributed by atoms with Crippen LogP contribution < -0.4 is 0 Å². The number of hydrogen-bond acceptors (Lipinski definition) is 0. The maximum Gasteiger partial charge on any atom is 0.0346 e. The third-order valence-corrected chi connectivity index (χ3v) is 7.83. The van der Waals surface area contributed by atoms with Crippen molar-refractivity contribution < 1.29 is 0 Å². The molecule has 6 aliphatic rings. The van der Waals surface area contributed by atoms with E-state index in [2.05, 4.69) is 85.0 Å². The van der Waals surface area contributed by atoms with Crippen LogP contribution in [0.1, 0.15) is 35.1 Å². The Morgan fingerprint density at radius 3 is 1.40 bits per heavy atom. The van der Waals surface area contributed by atoms with Crippen LogP contribution in [0.15, 0.2) is 96.2 Å². The van der Waals surface area contributed by atoms with E-state index >= 15 is 0 Å². The van der Waals surface area contributed by atoms with Gasteiger partial charge in [-0.25, -0.2) is 0 Å². The summed E-state index contributed by atoms with van der Waals surface area (Å²) in [6.07, 6.45) is 25.6. The number of allylic oxidation sites excluding steroid dienone is 16. The normalized spacial score (nSPS) is 26.0. The van der Waals surface area contributed by atoms with Gasteiger partial charge in [0.05, 0.1) is 0 Å². The zero-order valence-corrected chi connectivity index (χ0v) is 16.7. The van der Waals surface area contributed by atoms with E-state index in [4.69, 9.17) is 0 Å². The van der Waals surface area contributed by atoms with E-state index in [1.807, 2.05) is 0 Å². The Bertz CT molecular complexity index is 1360. The molecule has 0 bridgehead atoms. The SMILES string of the molecule is C1=CC2=CCC=C3c4ccc5c6c(ccc(c46)C(=C1)C23)C1=CC=CC2=CCC=C5C21. The molecule has 0 saturated carbocycles. The average molecular weight is 380 g/mol. The van der Waals surface area contributed by atoms with E-state index in [1.54, 1.807) is 0 Å². The number of hydrogen-bond donors (Lipinski definition) is 0. The number of benzene rings is 2. The maximum absolute atomic E-state index is 2.46. The minimum atomic E-state index is 0.409. The van der Waals surface area contributed by atoms with Crippen molar-refractivity contribution in [1.82, 2.24) is 0 Å². The van der Waals surface area contributed by atoms with E-state index in [1.165, 1.54) is 66.5 Å². The molecule has 30 heavy (non-hydrogen) atoms. The van der Waals surface area contributed by atoms with Gasteiger partial charge in [0.25, 0.3) is 0 Å². The Morgan fingerprint density at radius 1 is 0.500 bits per heavy atom. The van der Waals surface area contributed by atoms with Crippen molar-refractivity contribution >= 4 is 33.1 Å². The van der Waals surface area contributed by atoms with Gasteiger partial charge in [-0.2, -0.15) is 0 Å². The van der Waals surface area contributed by atoms with Gasteiger partial charge in [0, 0.05) is 11.8 Å². The summed E-state index contributed by atoms with van der Waals surface area (Å²) < 4.78 is 0. The van der Waals surface area contributed by atoms with Crippen LogP contribution in [0.5, 0.6) is 0 Å². The molecule has 0 heterocycles. The molecular formula is C30H20. The van der Waals surface area contributed by atoms with Crippen LogP contribution in [0.25, 0.3) is 33.1 Å². The summed E-state index contributed by atoms with van der Waals surface area (Å²) in [5.74, 6) is 0.819. The summed E-state index contributed by atoms with van der Waals surface area (Å²) in [5, 5.41) is 2.95. The molecule has 0 radical (unpaired) electrons. The van der Waals surface area contributed by atoms with Gasteiger partial charge < -0.3 is 0 Å². The van der Waals surface area contributed by atoms with E-state index in [0.29, 0.717) is 11.8 Å². The molecule has 2 unspecified atom stereocenters. The number of rotatable bonds is 0. The smallest absolute Gasteiger partial charge is 0.0346 e. The molecule has 8 rings (SSSR count). The monoisotopic (exact) mass is 380 g/mol. The summed E-state index contributed by atoms with van der Waals surface area (Å²) in [6.45, 7) is 0. The van der Waals surface area contributed by atoms with E-state index in [0.717, 1.165) is 12.8 Å². The highest BCUT2D eigenvalue weighted by atomic mass is 14.4. The van der Waals surface area contributed by atoms with Crippen LogP contribution in [0.3, 0.4) is 0 Å². The predicted molar refractivity (Wildman–Crippen MR) is 127 cm³/mol. The van der Waals surface area contributed by atoms with Gasteiger partial charge in [-0.05, 0) is 79.3 Å². The Balaban J connectivity index is 1.54. The zero-order chi connectivity index (χ0) is 19.4. The molecule has 0 saturated heterocycles. The van der Waals surface area contributed by atoms with Gasteiger partial charge in [-0.1, -0.05) is 85.0 Å². The molecule has 0 heteroatoms. The molecule has 2 atom stereocenters. The van der Waals surface area contributed by atoms with Gasteiger partial charge in [-0.15, -0.1) is 0 Å². The highest BCUT2D eigenvalue weighted by Crippen LogP contribution is 2.57. The maximum atomic E-state index is 2.46. The van der Waals surface area contributed by atoms with Crippen molar-refractivity contribution in [2.75, 3.05) is 0 Å². The Kier molecular flexibility index (Phi) is 2.68. The van der Waals surface area contributed by atoms with Crippen LogP contribution in [-0.2, 0) is 0 Å². The first kappa shape index (κ1) is 15.5. The fraction of sp³-hybridized carbons (Fsp3) is 0.133. The van der Waals surface area contributed by atoms with E-state index in [9.17, 15) is 0 Å². The Labute approximate surface area is 176 Å². The fourth-order valence-electron chi connectivity index (χ4n) is 6.69. The topological polar surface area (TPSA) is 0 Å². The van der Waals surface area contributed by atoms with E-state index in [-0.39, 0.29) is 0 Å². The van der Waals surface area contributed by atoms with Crippen LogP contribution in [0.4, 0.5) is 0 Å². The summed E-state index contributed by atoms with van der Waals surface area (Å²) >= 11 is 0. The highest BCUT2D eigenvalue weighted by molar-refractivity contribution is 6.18. The minimum absolute atomic E-state index is 0.409. The predicted octanol–water partition coefficient (Wildman–Crippen LogP) is 7.43. The summed E-state index contributed by atoms with van der Waals surface area (Å²) in [5.41, 5.74) is 14.7. The molecule has 140 valence electrons. The van der Waals surface area contributed by atoms with Gasteiger partial charge in [0.15, 0.2) is 0 Å². The van der Waals surface area contributed by atoms with Crippen LogP contribution >= 0.6 is 0 Å². The van der Waals surface area contributed by atoms with Gasteiger partial charge in [-0.3, -0.25) is 0 Å². The molecule has 0 fully saturated rings. The minimum Gasteiger partial charge on any atom is -0.0765 e. The molecule has 0 amide bonds. The Hall–Kier alpha value is -3.38. The largest absolute Gasteiger partial charge is 0.0765 e. The molecule has 0 aromatic heterocycles. The quantitative estimate of drug-likeness (QED) is 0.446. The van der Waals surface area contributed by atoms with Crippen molar-refractivity contribution in [1.29, 1.82) is 0 Å². The summed E-state index contributed by atoms with van der Waals surface area (Å²) in [7, 11) is 0. The second-order valence-electron chi connectivity index (χ2n) is 9.10. The second kappa shape index (κ2) is 5.21. The molecule has 0 spiro atoms. The van der Waals surface area contributed by atoms with Crippen molar-refractivity contribution in [3.05, 3.63) is 118 Å².